The van der Waals surface area contributed by atoms with Crippen LogP contribution >= 0.6 is 12.2 Å². The first kappa shape index (κ1) is 17.1. The number of hydrogen-bond donors (Lipinski definition) is 2. The molecule has 0 heterocycles. The third-order valence-corrected chi connectivity index (χ3v) is 0.943. The number of rotatable bonds is 4. The van der Waals surface area contributed by atoms with Crippen LogP contribution in [0.5, 0.6) is 0 Å². The number of hydrogen-bond acceptors (Lipinski definition) is 3. The van der Waals surface area contributed by atoms with Crippen LogP contribution in [-0.2, 0) is 9.53 Å². The molecule has 94 valence electrons. The van der Waals surface area contributed by atoms with E-state index in [1.54, 1.807) is 6.92 Å². The molecule has 0 fully saturated rings. The minimum Gasteiger partial charge on any atom is -0.463 e. The molecule has 0 aliphatic carbocycles. The normalized spacial score (nSPS) is 11.8. The number of ether oxygens (including phenoxy) is 1. The van der Waals surface area contributed by atoms with Crippen molar-refractivity contribution in [1.82, 2.24) is 0 Å². The Labute approximate surface area is 96.4 Å². The highest BCUT2D eigenvalue weighted by Gasteiger charge is 2.15. The molecule has 0 spiro atoms. The third-order valence-electron chi connectivity index (χ3n) is 0.943. The summed E-state index contributed by atoms with van der Waals surface area (Å²) in [5, 5.41) is 0.000000000000000222. The van der Waals surface area contributed by atoms with Gasteiger partial charge >= 0.3 is 5.97 Å². The molecular weight excluding hydrogens is 245 g/mol. The summed E-state index contributed by atoms with van der Waals surface area (Å²) in [5.74, 6) is -0.819. The highest BCUT2D eigenvalue weighted by atomic mass is 32.1. The molecule has 0 amide bonds. The van der Waals surface area contributed by atoms with Gasteiger partial charge in [-0.3, -0.25) is 0 Å². The van der Waals surface area contributed by atoms with Gasteiger partial charge in [0.25, 0.3) is 6.43 Å². The standard InChI is InChI=1S/C7H9F3O2.CH4N2S/c1-2-12-6(11)4-3-5(8)7(9)10;2-1(3)4/h3-5,7H,2H2,1H3;(H4,2,3,4). The number of thiocarbonyl (C=S) groups is 1. The lowest BCUT2D eigenvalue weighted by Crippen LogP contribution is -2.18. The van der Waals surface area contributed by atoms with Gasteiger partial charge in [0.05, 0.1) is 6.61 Å². The second-order valence-corrected chi connectivity index (χ2v) is 2.76. The molecule has 0 aliphatic rings. The molecule has 0 radical (unpaired) electrons. The van der Waals surface area contributed by atoms with Crippen LogP contribution in [0.1, 0.15) is 6.92 Å². The molecule has 16 heavy (non-hydrogen) atoms. The van der Waals surface area contributed by atoms with Crippen molar-refractivity contribution < 1.29 is 22.7 Å². The van der Waals surface area contributed by atoms with E-state index in [0.717, 1.165) is 0 Å². The van der Waals surface area contributed by atoms with Gasteiger partial charge in [0.1, 0.15) is 0 Å². The van der Waals surface area contributed by atoms with Gasteiger partial charge in [0.15, 0.2) is 11.3 Å². The van der Waals surface area contributed by atoms with Crippen LogP contribution in [0.3, 0.4) is 0 Å². The van der Waals surface area contributed by atoms with Gasteiger partial charge in [-0.25, -0.2) is 18.0 Å². The lowest BCUT2D eigenvalue weighted by atomic mass is 10.3. The average Bonchev–Trinajstić information content (AvgIpc) is 2.13. The first-order valence-electron chi connectivity index (χ1n) is 4.13. The summed E-state index contributed by atoms with van der Waals surface area (Å²) >= 11 is 4.09. The number of halogens is 3. The Bertz CT molecular complexity index is 245. The van der Waals surface area contributed by atoms with Gasteiger partial charge in [-0.15, -0.1) is 0 Å². The fourth-order valence-electron chi connectivity index (χ4n) is 0.445. The molecule has 1 atom stereocenters. The summed E-state index contributed by atoms with van der Waals surface area (Å²) in [6.45, 7) is 1.70. The molecule has 0 aliphatic heterocycles. The van der Waals surface area contributed by atoms with E-state index in [0.29, 0.717) is 12.2 Å². The van der Waals surface area contributed by atoms with Gasteiger partial charge in [-0.1, -0.05) is 0 Å². The lowest BCUT2D eigenvalue weighted by molar-refractivity contribution is -0.137. The largest absolute Gasteiger partial charge is 0.463 e. The summed E-state index contributed by atoms with van der Waals surface area (Å²) in [6, 6.07) is 0. The topological polar surface area (TPSA) is 78.3 Å². The van der Waals surface area contributed by atoms with E-state index in [1.165, 1.54) is 0 Å². The van der Waals surface area contributed by atoms with E-state index >= 15 is 0 Å². The molecular formula is C8H13F3N2O2S. The Kier molecular flexibility index (Phi) is 10.9. The Balaban J connectivity index is 0. The molecule has 4 nitrogen and oxygen atoms in total. The maximum atomic E-state index is 12.1. The summed E-state index contributed by atoms with van der Waals surface area (Å²) in [7, 11) is 0. The number of alkyl halides is 3. The highest BCUT2D eigenvalue weighted by molar-refractivity contribution is 7.80. The molecule has 8 heteroatoms. The van der Waals surface area contributed by atoms with Crippen LogP contribution in [0.25, 0.3) is 0 Å². The Morgan fingerprint density at radius 3 is 2.19 bits per heavy atom. The first-order valence-corrected chi connectivity index (χ1v) is 4.54. The van der Waals surface area contributed by atoms with Crippen LogP contribution in [0.4, 0.5) is 13.2 Å². The van der Waals surface area contributed by atoms with Crippen molar-refractivity contribution >= 4 is 23.3 Å². The quantitative estimate of drug-likeness (QED) is 0.445. The smallest absolute Gasteiger partial charge is 0.330 e. The van der Waals surface area contributed by atoms with Crippen LogP contribution in [-0.4, -0.2) is 30.3 Å². The van der Waals surface area contributed by atoms with Gasteiger partial charge < -0.3 is 16.2 Å². The van der Waals surface area contributed by atoms with Crippen molar-refractivity contribution in [2.45, 2.75) is 19.5 Å². The first-order chi connectivity index (χ1) is 7.31. The van der Waals surface area contributed by atoms with E-state index in [2.05, 4.69) is 28.4 Å². The Morgan fingerprint density at radius 1 is 1.44 bits per heavy atom. The fourth-order valence-corrected chi connectivity index (χ4v) is 0.445. The number of carbonyl (C=O) groups is 1. The number of carbonyl (C=O) groups excluding carboxylic acids is 1. The Morgan fingerprint density at radius 2 is 1.88 bits per heavy atom. The van der Waals surface area contributed by atoms with E-state index in [-0.39, 0.29) is 11.7 Å². The summed E-state index contributed by atoms with van der Waals surface area (Å²) in [5.41, 5.74) is 9.24. The minimum atomic E-state index is -3.10. The average molecular weight is 258 g/mol. The SMILES string of the molecule is CCOC(=O)C=CC(F)C(F)F.NC(N)=S. The summed E-state index contributed by atoms with van der Waals surface area (Å²) in [6.07, 6.45) is -4.38. The molecule has 4 N–H and O–H groups in total. The van der Waals surface area contributed by atoms with Crippen LogP contribution in [0.15, 0.2) is 12.2 Å². The molecule has 0 saturated carbocycles. The number of nitrogens with two attached hydrogens (primary N) is 2. The van der Waals surface area contributed by atoms with Crippen LogP contribution in [0, 0.1) is 0 Å². The van der Waals surface area contributed by atoms with Gasteiger partial charge in [0, 0.05) is 6.08 Å². The second kappa shape index (κ2) is 10.2. The van der Waals surface area contributed by atoms with Crippen molar-refractivity contribution in [2.24, 2.45) is 11.5 Å². The molecule has 1 unspecified atom stereocenters. The maximum Gasteiger partial charge on any atom is 0.330 e. The molecule has 0 aromatic heterocycles. The minimum absolute atomic E-state index is 0.000000000000000222. The highest BCUT2D eigenvalue weighted by Crippen LogP contribution is 2.06. The lowest BCUT2D eigenvalue weighted by Gasteiger charge is -1.99. The predicted molar refractivity (Wildman–Crippen MR) is 57.6 cm³/mol. The van der Waals surface area contributed by atoms with E-state index in [4.69, 9.17) is 0 Å². The molecule has 0 bridgehead atoms. The van der Waals surface area contributed by atoms with Crippen molar-refractivity contribution in [2.75, 3.05) is 6.61 Å². The maximum absolute atomic E-state index is 12.1. The molecule has 0 aromatic rings. The monoisotopic (exact) mass is 258 g/mol. The molecule has 0 rings (SSSR count). The van der Waals surface area contributed by atoms with Crippen molar-refractivity contribution in [3.05, 3.63) is 12.2 Å². The summed E-state index contributed by atoms with van der Waals surface area (Å²) in [4.78, 5) is 10.4. The van der Waals surface area contributed by atoms with Crippen molar-refractivity contribution in [1.29, 1.82) is 0 Å². The zero-order chi connectivity index (χ0) is 13.1. The predicted octanol–water partition coefficient (Wildman–Crippen LogP) is 0.898. The van der Waals surface area contributed by atoms with Crippen LogP contribution in [0.2, 0.25) is 0 Å². The van der Waals surface area contributed by atoms with Crippen LogP contribution < -0.4 is 11.5 Å². The zero-order valence-electron chi connectivity index (χ0n) is 8.53. The Hall–Kier alpha value is -1.31. The van der Waals surface area contributed by atoms with Crippen molar-refractivity contribution in [3.63, 3.8) is 0 Å². The van der Waals surface area contributed by atoms with E-state index in [1.807, 2.05) is 0 Å². The number of esters is 1. The zero-order valence-corrected chi connectivity index (χ0v) is 9.35. The molecule has 0 saturated heterocycles. The fraction of sp³-hybridized carbons (Fsp3) is 0.500. The number of allylic oxidation sites excluding steroid dienone is 1. The van der Waals surface area contributed by atoms with Gasteiger partial charge in [0.2, 0.25) is 0 Å². The van der Waals surface area contributed by atoms with E-state index < -0.39 is 18.6 Å². The second-order valence-electron chi connectivity index (χ2n) is 2.29. The van der Waals surface area contributed by atoms with Gasteiger partial charge in [-0.05, 0) is 25.2 Å². The third kappa shape index (κ3) is 15.2. The van der Waals surface area contributed by atoms with E-state index in [9.17, 15) is 18.0 Å². The van der Waals surface area contributed by atoms with Gasteiger partial charge in [-0.2, -0.15) is 0 Å². The summed E-state index contributed by atoms with van der Waals surface area (Å²) < 4.78 is 39.4. The molecule has 0 aromatic carbocycles. The van der Waals surface area contributed by atoms with Crippen molar-refractivity contribution in [3.8, 4) is 0 Å².